The van der Waals surface area contributed by atoms with Crippen LogP contribution in [-0.4, -0.2) is 27.8 Å². The van der Waals surface area contributed by atoms with E-state index in [-0.39, 0.29) is 16.8 Å². The molecule has 2 aromatic carbocycles. The Kier molecular flexibility index (Phi) is 3.85. The number of H-pyrrole nitrogens is 1. The van der Waals surface area contributed by atoms with E-state index in [9.17, 15) is 14.4 Å². The summed E-state index contributed by atoms with van der Waals surface area (Å²) in [5.74, 6) is -2.08. The van der Waals surface area contributed by atoms with Crippen LogP contribution in [0.5, 0.6) is 0 Å². The molecule has 3 aromatic rings. The molecule has 0 atom stereocenters. The molecule has 1 aliphatic heterocycles. The highest BCUT2D eigenvalue weighted by molar-refractivity contribution is 6.21. The first kappa shape index (κ1) is 15.8. The van der Waals surface area contributed by atoms with Gasteiger partial charge >= 0.3 is 5.97 Å². The summed E-state index contributed by atoms with van der Waals surface area (Å²) in [6.45, 7) is 0. The maximum Gasteiger partial charge on any atom is 0.379 e. The molecule has 0 bridgehead atoms. The number of amides is 2. The summed E-state index contributed by atoms with van der Waals surface area (Å²) in [5, 5.41) is 0.505. The number of aromatic amines is 1. The summed E-state index contributed by atoms with van der Waals surface area (Å²) >= 11 is 0. The molecular formula is C20H14N2O4. The third-order valence-electron chi connectivity index (χ3n) is 4.13. The van der Waals surface area contributed by atoms with Gasteiger partial charge in [0.05, 0.1) is 11.1 Å². The number of carbonyl (C=O) groups excluding carboxylic acids is 3. The lowest BCUT2D eigenvalue weighted by Crippen LogP contribution is -2.32. The fourth-order valence-electron chi connectivity index (χ4n) is 2.86. The molecule has 0 saturated heterocycles. The molecule has 2 amide bonds. The van der Waals surface area contributed by atoms with Gasteiger partial charge in [-0.3, -0.25) is 9.59 Å². The van der Waals surface area contributed by atoms with E-state index < -0.39 is 17.8 Å². The van der Waals surface area contributed by atoms with Crippen LogP contribution in [0.4, 0.5) is 0 Å². The van der Waals surface area contributed by atoms with E-state index in [1.165, 1.54) is 12.1 Å². The first-order valence-corrected chi connectivity index (χ1v) is 8.05. The van der Waals surface area contributed by atoms with Gasteiger partial charge in [0.2, 0.25) is 0 Å². The SMILES string of the molecule is O=C(ON1C(=O)c2ccccc2C1=O)c1ccc(Cc2ccccc2)[nH]1. The van der Waals surface area contributed by atoms with Crippen LogP contribution >= 0.6 is 0 Å². The molecule has 0 spiro atoms. The monoisotopic (exact) mass is 346 g/mol. The number of fused-ring (bicyclic) bond motifs is 1. The first-order chi connectivity index (χ1) is 12.6. The van der Waals surface area contributed by atoms with Gasteiger partial charge in [-0.25, -0.2) is 4.79 Å². The second-order valence-corrected chi connectivity index (χ2v) is 5.89. The number of nitrogens with zero attached hydrogens (tertiary/aromatic N) is 1. The number of benzene rings is 2. The number of imide groups is 1. The van der Waals surface area contributed by atoms with Gasteiger partial charge in [-0.1, -0.05) is 47.5 Å². The lowest BCUT2D eigenvalue weighted by molar-refractivity contribution is -0.0588. The van der Waals surface area contributed by atoms with Gasteiger partial charge in [-0.15, -0.1) is 0 Å². The second-order valence-electron chi connectivity index (χ2n) is 5.89. The summed E-state index contributed by atoms with van der Waals surface area (Å²) in [6, 6.07) is 19.5. The molecule has 0 fully saturated rings. The van der Waals surface area contributed by atoms with Crippen molar-refractivity contribution in [3.8, 4) is 0 Å². The van der Waals surface area contributed by atoms with Crippen LogP contribution in [0.2, 0.25) is 0 Å². The Morgan fingerprint density at radius 2 is 1.46 bits per heavy atom. The predicted octanol–water partition coefficient (Wildman–Crippen LogP) is 2.97. The van der Waals surface area contributed by atoms with Crippen molar-refractivity contribution in [1.82, 2.24) is 10.0 Å². The molecule has 128 valence electrons. The zero-order chi connectivity index (χ0) is 18.1. The number of carbonyl (C=O) groups is 3. The third kappa shape index (κ3) is 2.77. The van der Waals surface area contributed by atoms with Gasteiger partial charge in [0.25, 0.3) is 11.8 Å². The molecule has 0 aliphatic carbocycles. The molecular weight excluding hydrogens is 332 g/mol. The van der Waals surface area contributed by atoms with E-state index in [4.69, 9.17) is 4.84 Å². The van der Waals surface area contributed by atoms with Gasteiger partial charge in [0, 0.05) is 12.1 Å². The van der Waals surface area contributed by atoms with Gasteiger partial charge in [0.1, 0.15) is 5.69 Å². The number of aromatic nitrogens is 1. The van der Waals surface area contributed by atoms with Crippen LogP contribution in [0.25, 0.3) is 0 Å². The van der Waals surface area contributed by atoms with Crippen molar-refractivity contribution in [2.75, 3.05) is 0 Å². The highest BCUT2D eigenvalue weighted by Crippen LogP contribution is 2.23. The minimum atomic E-state index is -0.793. The van der Waals surface area contributed by atoms with Crippen LogP contribution in [0.15, 0.2) is 66.7 Å². The molecule has 0 unspecified atom stereocenters. The van der Waals surface area contributed by atoms with Gasteiger partial charge in [-0.05, 0) is 29.8 Å². The molecule has 0 saturated carbocycles. The summed E-state index contributed by atoms with van der Waals surface area (Å²) < 4.78 is 0. The molecule has 1 aromatic heterocycles. The van der Waals surface area contributed by atoms with E-state index in [2.05, 4.69) is 4.98 Å². The first-order valence-electron chi connectivity index (χ1n) is 8.05. The molecule has 2 heterocycles. The summed E-state index contributed by atoms with van der Waals surface area (Å²) in [5.41, 5.74) is 2.54. The zero-order valence-electron chi connectivity index (χ0n) is 13.6. The summed E-state index contributed by atoms with van der Waals surface area (Å²) in [7, 11) is 0. The van der Waals surface area contributed by atoms with Crippen LogP contribution in [-0.2, 0) is 11.3 Å². The lowest BCUT2D eigenvalue weighted by Gasteiger charge is -2.11. The van der Waals surface area contributed by atoms with Gasteiger partial charge < -0.3 is 9.82 Å². The van der Waals surface area contributed by atoms with Crippen LogP contribution in [0, 0.1) is 0 Å². The maximum atomic E-state index is 12.3. The Morgan fingerprint density at radius 1 is 0.846 bits per heavy atom. The van der Waals surface area contributed by atoms with Crippen LogP contribution < -0.4 is 0 Å². The quantitative estimate of drug-likeness (QED) is 0.737. The van der Waals surface area contributed by atoms with Crippen LogP contribution in [0.3, 0.4) is 0 Å². The number of hydrogen-bond acceptors (Lipinski definition) is 4. The minimum Gasteiger partial charge on any atom is -0.353 e. The van der Waals surface area contributed by atoms with Crippen LogP contribution in [0.1, 0.15) is 42.5 Å². The molecule has 1 N–H and O–H groups in total. The average molecular weight is 346 g/mol. The molecule has 6 nitrogen and oxygen atoms in total. The Bertz CT molecular complexity index is 972. The molecule has 6 heteroatoms. The van der Waals surface area contributed by atoms with E-state index in [1.807, 2.05) is 30.3 Å². The van der Waals surface area contributed by atoms with Crippen molar-refractivity contribution < 1.29 is 19.2 Å². The largest absolute Gasteiger partial charge is 0.379 e. The standard InChI is InChI=1S/C20H14N2O4/c23-18-15-8-4-5-9-16(15)19(24)22(18)26-20(25)17-11-10-14(21-17)12-13-6-2-1-3-7-13/h1-11,21H,12H2. The van der Waals surface area contributed by atoms with E-state index in [0.717, 1.165) is 11.3 Å². The number of nitrogens with one attached hydrogen (secondary N) is 1. The Hall–Kier alpha value is -3.67. The van der Waals surface area contributed by atoms with Crippen molar-refractivity contribution >= 4 is 17.8 Å². The normalized spacial score (nSPS) is 13.0. The Morgan fingerprint density at radius 3 is 2.12 bits per heavy atom. The van der Waals surface area contributed by atoms with E-state index in [1.54, 1.807) is 24.3 Å². The average Bonchev–Trinajstić information content (AvgIpc) is 3.22. The number of hydrogen-bond donors (Lipinski definition) is 1. The Balaban J connectivity index is 1.48. The van der Waals surface area contributed by atoms with Crippen molar-refractivity contribution in [2.24, 2.45) is 0 Å². The predicted molar refractivity (Wildman–Crippen MR) is 92.4 cm³/mol. The number of rotatable bonds is 4. The minimum absolute atomic E-state index is 0.174. The molecule has 26 heavy (non-hydrogen) atoms. The maximum absolute atomic E-state index is 12.3. The molecule has 4 rings (SSSR count). The van der Waals surface area contributed by atoms with Crippen molar-refractivity contribution in [3.05, 3.63) is 94.8 Å². The zero-order valence-corrected chi connectivity index (χ0v) is 13.6. The molecule has 0 radical (unpaired) electrons. The van der Waals surface area contributed by atoms with E-state index in [0.29, 0.717) is 11.5 Å². The summed E-state index contributed by atoms with van der Waals surface area (Å²) in [4.78, 5) is 44.8. The highest BCUT2D eigenvalue weighted by atomic mass is 16.7. The van der Waals surface area contributed by atoms with Crippen molar-refractivity contribution in [1.29, 1.82) is 0 Å². The summed E-state index contributed by atoms with van der Waals surface area (Å²) in [6.07, 6.45) is 0.626. The van der Waals surface area contributed by atoms with Gasteiger partial charge in [-0.2, -0.15) is 0 Å². The fraction of sp³-hybridized carbons (Fsp3) is 0.0500. The lowest BCUT2D eigenvalue weighted by atomic mass is 10.1. The second kappa shape index (κ2) is 6.33. The Labute approximate surface area is 149 Å². The van der Waals surface area contributed by atoms with Gasteiger partial charge in [0.15, 0.2) is 0 Å². The van der Waals surface area contributed by atoms with Crippen molar-refractivity contribution in [2.45, 2.75) is 6.42 Å². The van der Waals surface area contributed by atoms with Crippen molar-refractivity contribution in [3.63, 3.8) is 0 Å². The topological polar surface area (TPSA) is 79.5 Å². The highest BCUT2D eigenvalue weighted by Gasteiger charge is 2.38. The third-order valence-corrected chi connectivity index (χ3v) is 4.13. The molecule has 1 aliphatic rings. The van der Waals surface area contributed by atoms with E-state index >= 15 is 0 Å². The number of hydroxylamine groups is 2. The smallest absolute Gasteiger partial charge is 0.353 e. The fourth-order valence-corrected chi connectivity index (χ4v) is 2.86.